The van der Waals surface area contributed by atoms with Crippen LogP contribution in [-0.2, 0) is 14.3 Å². The summed E-state index contributed by atoms with van der Waals surface area (Å²) in [5.74, 6) is -1.28. The molecular formula is C11H19NO4. The summed E-state index contributed by atoms with van der Waals surface area (Å²) < 4.78 is 5.07. The minimum absolute atomic E-state index is 0.0869. The molecule has 1 rings (SSSR count). The zero-order chi connectivity index (χ0) is 12.1. The van der Waals surface area contributed by atoms with Gasteiger partial charge in [0.25, 0.3) is 0 Å². The van der Waals surface area contributed by atoms with Gasteiger partial charge in [-0.3, -0.25) is 9.59 Å². The third-order valence-electron chi connectivity index (χ3n) is 2.97. The van der Waals surface area contributed by atoms with E-state index in [1.54, 1.807) is 0 Å². The quantitative estimate of drug-likeness (QED) is 0.725. The molecule has 16 heavy (non-hydrogen) atoms. The molecule has 1 aliphatic heterocycles. The molecular weight excluding hydrogens is 210 g/mol. The van der Waals surface area contributed by atoms with Gasteiger partial charge < -0.3 is 15.2 Å². The molecule has 0 aromatic carbocycles. The van der Waals surface area contributed by atoms with Gasteiger partial charge in [-0.25, -0.2) is 0 Å². The molecule has 0 aromatic heterocycles. The van der Waals surface area contributed by atoms with E-state index in [1.807, 2.05) is 13.8 Å². The SMILES string of the molecule is CCC(C)CC(=O)NC1COCC1C(=O)O. The summed E-state index contributed by atoms with van der Waals surface area (Å²) in [4.78, 5) is 22.4. The summed E-state index contributed by atoms with van der Waals surface area (Å²) in [5, 5.41) is 11.6. The highest BCUT2D eigenvalue weighted by Gasteiger charge is 2.34. The van der Waals surface area contributed by atoms with Gasteiger partial charge in [0.1, 0.15) is 5.92 Å². The number of carbonyl (C=O) groups excluding carboxylic acids is 1. The first-order valence-corrected chi connectivity index (χ1v) is 5.64. The predicted molar refractivity (Wildman–Crippen MR) is 57.9 cm³/mol. The first-order chi connectivity index (χ1) is 7.54. The van der Waals surface area contributed by atoms with Crippen molar-refractivity contribution in [2.24, 2.45) is 11.8 Å². The van der Waals surface area contributed by atoms with E-state index >= 15 is 0 Å². The lowest BCUT2D eigenvalue weighted by molar-refractivity contribution is -0.142. The van der Waals surface area contributed by atoms with Crippen molar-refractivity contribution in [3.63, 3.8) is 0 Å². The maximum atomic E-state index is 11.6. The minimum atomic E-state index is -0.911. The number of amides is 1. The number of nitrogens with one attached hydrogen (secondary N) is 1. The molecule has 0 bridgehead atoms. The molecule has 92 valence electrons. The van der Waals surface area contributed by atoms with Crippen molar-refractivity contribution in [2.45, 2.75) is 32.7 Å². The topological polar surface area (TPSA) is 75.6 Å². The molecule has 1 fully saturated rings. The Kier molecular flexibility index (Phi) is 4.73. The van der Waals surface area contributed by atoms with Gasteiger partial charge in [0.2, 0.25) is 5.91 Å². The molecule has 1 aliphatic rings. The van der Waals surface area contributed by atoms with Crippen molar-refractivity contribution in [3.05, 3.63) is 0 Å². The molecule has 5 nitrogen and oxygen atoms in total. The predicted octanol–water partition coefficient (Wildman–Crippen LogP) is 0.638. The Morgan fingerprint density at radius 3 is 2.75 bits per heavy atom. The normalized spacial score (nSPS) is 26.4. The summed E-state index contributed by atoms with van der Waals surface area (Å²) in [6.07, 6.45) is 1.39. The summed E-state index contributed by atoms with van der Waals surface area (Å²) >= 11 is 0. The van der Waals surface area contributed by atoms with E-state index in [0.29, 0.717) is 18.9 Å². The van der Waals surface area contributed by atoms with Gasteiger partial charge in [-0.1, -0.05) is 20.3 Å². The van der Waals surface area contributed by atoms with Crippen LogP contribution in [0.15, 0.2) is 0 Å². The summed E-state index contributed by atoms with van der Waals surface area (Å²) in [6, 6.07) is -0.381. The zero-order valence-electron chi connectivity index (χ0n) is 9.73. The summed E-state index contributed by atoms with van der Waals surface area (Å²) in [7, 11) is 0. The molecule has 3 unspecified atom stereocenters. The summed E-state index contributed by atoms with van der Waals surface area (Å²) in [5.41, 5.74) is 0. The number of carbonyl (C=O) groups is 2. The number of hydrogen-bond acceptors (Lipinski definition) is 3. The van der Waals surface area contributed by atoms with Crippen LogP contribution >= 0.6 is 0 Å². The molecule has 0 radical (unpaired) electrons. The average Bonchev–Trinajstić information content (AvgIpc) is 2.65. The van der Waals surface area contributed by atoms with Crippen LogP contribution in [0.25, 0.3) is 0 Å². The second-order valence-corrected chi connectivity index (χ2v) is 4.37. The van der Waals surface area contributed by atoms with Gasteiger partial charge in [-0.05, 0) is 5.92 Å². The van der Waals surface area contributed by atoms with Gasteiger partial charge in [0.15, 0.2) is 0 Å². The third kappa shape index (κ3) is 3.48. The molecule has 5 heteroatoms. The Morgan fingerprint density at radius 2 is 2.19 bits per heavy atom. The molecule has 0 aromatic rings. The fraction of sp³-hybridized carbons (Fsp3) is 0.818. The van der Waals surface area contributed by atoms with Gasteiger partial charge in [0.05, 0.1) is 19.3 Å². The van der Waals surface area contributed by atoms with Crippen LogP contribution in [0.1, 0.15) is 26.7 Å². The largest absolute Gasteiger partial charge is 0.481 e. The average molecular weight is 229 g/mol. The lowest BCUT2D eigenvalue weighted by Gasteiger charge is -2.16. The minimum Gasteiger partial charge on any atom is -0.481 e. The van der Waals surface area contributed by atoms with Crippen LogP contribution in [0.2, 0.25) is 0 Å². The molecule has 1 saturated heterocycles. The van der Waals surface area contributed by atoms with Gasteiger partial charge in [-0.15, -0.1) is 0 Å². The fourth-order valence-corrected chi connectivity index (χ4v) is 1.67. The maximum Gasteiger partial charge on any atom is 0.311 e. The smallest absolute Gasteiger partial charge is 0.311 e. The van der Waals surface area contributed by atoms with E-state index in [0.717, 1.165) is 6.42 Å². The maximum absolute atomic E-state index is 11.6. The standard InChI is InChI=1S/C11H19NO4/c1-3-7(2)4-10(13)12-9-6-16-5-8(9)11(14)15/h7-9H,3-6H2,1-2H3,(H,12,13)(H,14,15). The van der Waals surface area contributed by atoms with Crippen molar-refractivity contribution in [1.29, 1.82) is 0 Å². The van der Waals surface area contributed by atoms with E-state index in [4.69, 9.17) is 9.84 Å². The second kappa shape index (κ2) is 5.84. The van der Waals surface area contributed by atoms with Crippen LogP contribution in [0, 0.1) is 11.8 Å². The second-order valence-electron chi connectivity index (χ2n) is 4.37. The van der Waals surface area contributed by atoms with Gasteiger partial charge >= 0.3 is 5.97 Å². The van der Waals surface area contributed by atoms with Crippen molar-refractivity contribution in [3.8, 4) is 0 Å². The number of ether oxygens (including phenoxy) is 1. The number of carboxylic acids is 1. The van der Waals surface area contributed by atoms with Crippen molar-refractivity contribution in [2.75, 3.05) is 13.2 Å². The van der Waals surface area contributed by atoms with Gasteiger partial charge in [-0.2, -0.15) is 0 Å². The molecule has 0 saturated carbocycles. The van der Waals surface area contributed by atoms with E-state index in [-0.39, 0.29) is 18.6 Å². The van der Waals surface area contributed by atoms with Crippen LogP contribution in [0.5, 0.6) is 0 Å². The van der Waals surface area contributed by atoms with Crippen LogP contribution in [-0.4, -0.2) is 36.2 Å². The Hall–Kier alpha value is -1.10. The first kappa shape index (κ1) is 13.0. The summed E-state index contributed by atoms with van der Waals surface area (Å²) in [6.45, 7) is 4.50. The highest BCUT2D eigenvalue weighted by Crippen LogP contribution is 2.15. The fourth-order valence-electron chi connectivity index (χ4n) is 1.67. The molecule has 1 amide bonds. The molecule has 3 atom stereocenters. The van der Waals surface area contributed by atoms with Crippen LogP contribution < -0.4 is 5.32 Å². The number of hydrogen-bond donors (Lipinski definition) is 2. The van der Waals surface area contributed by atoms with Crippen LogP contribution in [0.3, 0.4) is 0 Å². The van der Waals surface area contributed by atoms with Crippen molar-refractivity contribution in [1.82, 2.24) is 5.32 Å². The number of aliphatic carboxylic acids is 1. The van der Waals surface area contributed by atoms with Crippen LogP contribution in [0.4, 0.5) is 0 Å². The Morgan fingerprint density at radius 1 is 1.50 bits per heavy atom. The van der Waals surface area contributed by atoms with Crippen molar-refractivity contribution >= 4 is 11.9 Å². The highest BCUT2D eigenvalue weighted by molar-refractivity contribution is 5.78. The van der Waals surface area contributed by atoms with E-state index in [9.17, 15) is 9.59 Å². The van der Waals surface area contributed by atoms with E-state index < -0.39 is 11.9 Å². The Balaban J connectivity index is 2.41. The Labute approximate surface area is 95.2 Å². The molecule has 1 heterocycles. The van der Waals surface area contributed by atoms with E-state index in [1.165, 1.54) is 0 Å². The number of carboxylic acid groups (broad SMARTS) is 1. The highest BCUT2D eigenvalue weighted by atomic mass is 16.5. The molecule has 0 aliphatic carbocycles. The van der Waals surface area contributed by atoms with Gasteiger partial charge in [0, 0.05) is 6.42 Å². The number of rotatable bonds is 5. The molecule has 2 N–H and O–H groups in total. The third-order valence-corrected chi connectivity index (χ3v) is 2.97. The van der Waals surface area contributed by atoms with Crippen molar-refractivity contribution < 1.29 is 19.4 Å². The lowest BCUT2D eigenvalue weighted by Crippen LogP contribution is -2.43. The van der Waals surface area contributed by atoms with E-state index in [2.05, 4.69) is 5.32 Å². The first-order valence-electron chi connectivity index (χ1n) is 5.64. The molecule has 0 spiro atoms. The monoisotopic (exact) mass is 229 g/mol. The Bertz CT molecular complexity index is 267. The zero-order valence-corrected chi connectivity index (χ0v) is 9.73. The lowest BCUT2D eigenvalue weighted by atomic mass is 10.0.